The van der Waals surface area contributed by atoms with Crippen LogP contribution in [0.15, 0.2) is 0 Å². The van der Waals surface area contributed by atoms with Crippen molar-refractivity contribution in [1.29, 1.82) is 0 Å². The van der Waals surface area contributed by atoms with Crippen LogP contribution < -0.4 is 5.32 Å². The Hall–Kier alpha value is 0.270. The van der Waals surface area contributed by atoms with E-state index < -0.39 is 0 Å². The quantitative estimate of drug-likeness (QED) is 0.827. The molecule has 108 valence electrons. The Balaban J connectivity index is 2.78. The van der Waals surface area contributed by atoms with E-state index in [0.717, 1.165) is 6.54 Å². The standard InChI is InChI=1S/C15H32N2S/c1-7-15(8-2)12-17(9-10-18-6)13(11-16-15)14(3,4)5/h13,16H,7-12H2,1-6H3. The summed E-state index contributed by atoms with van der Waals surface area (Å²) in [4.78, 5) is 2.74. The first-order chi connectivity index (χ1) is 8.38. The van der Waals surface area contributed by atoms with Crippen molar-refractivity contribution in [3.05, 3.63) is 0 Å². The highest BCUT2D eigenvalue weighted by molar-refractivity contribution is 7.98. The van der Waals surface area contributed by atoms with E-state index in [0.29, 0.717) is 17.0 Å². The summed E-state index contributed by atoms with van der Waals surface area (Å²) in [5, 5.41) is 3.85. The Labute approximate surface area is 118 Å². The molecule has 0 aromatic heterocycles. The molecule has 1 fully saturated rings. The summed E-state index contributed by atoms with van der Waals surface area (Å²) in [6.07, 6.45) is 4.67. The van der Waals surface area contributed by atoms with Gasteiger partial charge in [0.05, 0.1) is 0 Å². The molecule has 0 aliphatic carbocycles. The van der Waals surface area contributed by atoms with Gasteiger partial charge in [0.25, 0.3) is 0 Å². The van der Waals surface area contributed by atoms with Crippen molar-refractivity contribution in [1.82, 2.24) is 10.2 Å². The van der Waals surface area contributed by atoms with Gasteiger partial charge in [-0.15, -0.1) is 0 Å². The fraction of sp³-hybridized carbons (Fsp3) is 1.00. The summed E-state index contributed by atoms with van der Waals surface area (Å²) in [7, 11) is 0. The SMILES string of the molecule is CCC1(CC)CN(CCSC)C(C(C)(C)C)CN1. The van der Waals surface area contributed by atoms with E-state index in [1.807, 2.05) is 11.8 Å². The number of hydrogen-bond acceptors (Lipinski definition) is 3. The number of rotatable bonds is 5. The van der Waals surface area contributed by atoms with Crippen LogP contribution in [0.5, 0.6) is 0 Å². The Morgan fingerprint density at radius 3 is 2.33 bits per heavy atom. The average Bonchev–Trinajstić information content (AvgIpc) is 2.34. The molecule has 2 nitrogen and oxygen atoms in total. The van der Waals surface area contributed by atoms with Gasteiger partial charge in [-0.25, -0.2) is 0 Å². The molecule has 1 atom stereocenters. The highest BCUT2D eigenvalue weighted by Crippen LogP contribution is 2.31. The van der Waals surface area contributed by atoms with Crippen molar-refractivity contribution < 1.29 is 0 Å². The Bertz CT molecular complexity index is 243. The second kappa shape index (κ2) is 6.62. The molecule has 1 saturated heterocycles. The third kappa shape index (κ3) is 3.88. The predicted octanol–water partition coefficient (Wildman–Crippen LogP) is 3.23. The molecular weight excluding hydrogens is 240 g/mol. The van der Waals surface area contributed by atoms with Gasteiger partial charge in [-0.3, -0.25) is 4.90 Å². The molecular formula is C15H32N2S. The Kier molecular flexibility index (Phi) is 6.01. The first-order valence-corrected chi connectivity index (χ1v) is 8.76. The van der Waals surface area contributed by atoms with Crippen LogP contribution in [0.2, 0.25) is 0 Å². The fourth-order valence-electron chi connectivity index (χ4n) is 3.02. The van der Waals surface area contributed by atoms with Crippen LogP contribution in [0.3, 0.4) is 0 Å². The zero-order valence-corrected chi connectivity index (χ0v) is 14.0. The summed E-state index contributed by atoms with van der Waals surface area (Å²) in [5.74, 6) is 1.25. The molecule has 1 aliphatic rings. The zero-order chi connectivity index (χ0) is 13.8. The maximum atomic E-state index is 3.85. The second-order valence-electron chi connectivity index (χ2n) is 6.71. The molecule has 0 radical (unpaired) electrons. The van der Waals surface area contributed by atoms with Gasteiger partial charge < -0.3 is 5.32 Å². The molecule has 1 N–H and O–H groups in total. The van der Waals surface area contributed by atoms with Crippen LogP contribution in [0.1, 0.15) is 47.5 Å². The van der Waals surface area contributed by atoms with Crippen LogP contribution in [0.25, 0.3) is 0 Å². The lowest BCUT2D eigenvalue weighted by Crippen LogP contribution is -2.66. The number of hydrogen-bond donors (Lipinski definition) is 1. The molecule has 0 aromatic carbocycles. The van der Waals surface area contributed by atoms with Crippen molar-refractivity contribution in [2.45, 2.75) is 59.0 Å². The molecule has 1 aliphatic heterocycles. The zero-order valence-electron chi connectivity index (χ0n) is 13.2. The summed E-state index contributed by atoms with van der Waals surface area (Å²) >= 11 is 1.96. The molecule has 0 bridgehead atoms. The van der Waals surface area contributed by atoms with Gasteiger partial charge in [0.1, 0.15) is 0 Å². The highest BCUT2D eigenvalue weighted by atomic mass is 32.2. The number of thioether (sulfide) groups is 1. The van der Waals surface area contributed by atoms with Crippen LogP contribution in [-0.4, -0.2) is 48.1 Å². The molecule has 1 heterocycles. The summed E-state index contributed by atoms with van der Waals surface area (Å²) in [5.41, 5.74) is 0.708. The lowest BCUT2D eigenvalue weighted by molar-refractivity contribution is 0.0235. The second-order valence-corrected chi connectivity index (χ2v) is 7.70. The molecule has 0 spiro atoms. The van der Waals surface area contributed by atoms with Gasteiger partial charge in [-0.1, -0.05) is 34.6 Å². The lowest BCUT2D eigenvalue weighted by atomic mass is 9.80. The van der Waals surface area contributed by atoms with Crippen molar-refractivity contribution >= 4 is 11.8 Å². The van der Waals surface area contributed by atoms with Crippen LogP contribution in [0, 0.1) is 5.41 Å². The van der Waals surface area contributed by atoms with Gasteiger partial charge >= 0.3 is 0 Å². The molecule has 1 rings (SSSR count). The van der Waals surface area contributed by atoms with Gasteiger partial charge in [0.2, 0.25) is 0 Å². The van der Waals surface area contributed by atoms with E-state index in [1.165, 1.54) is 31.7 Å². The normalized spacial score (nSPS) is 25.3. The van der Waals surface area contributed by atoms with Crippen molar-refractivity contribution in [3.63, 3.8) is 0 Å². The van der Waals surface area contributed by atoms with Gasteiger partial charge in [-0.05, 0) is 24.5 Å². The summed E-state index contributed by atoms with van der Waals surface area (Å²) in [6.45, 7) is 15.3. The maximum absolute atomic E-state index is 3.85. The summed E-state index contributed by atoms with van der Waals surface area (Å²) < 4.78 is 0. The number of piperazine rings is 1. The van der Waals surface area contributed by atoms with Crippen LogP contribution >= 0.6 is 11.8 Å². The Morgan fingerprint density at radius 1 is 1.28 bits per heavy atom. The molecule has 18 heavy (non-hydrogen) atoms. The van der Waals surface area contributed by atoms with Crippen LogP contribution in [0.4, 0.5) is 0 Å². The minimum atomic E-state index is 0.347. The Morgan fingerprint density at radius 2 is 1.89 bits per heavy atom. The molecule has 0 saturated carbocycles. The van der Waals surface area contributed by atoms with Gasteiger partial charge in [0, 0.05) is 37.0 Å². The smallest absolute Gasteiger partial charge is 0.0304 e. The largest absolute Gasteiger partial charge is 0.308 e. The number of nitrogens with one attached hydrogen (secondary N) is 1. The van der Waals surface area contributed by atoms with E-state index in [9.17, 15) is 0 Å². The van der Waals surface area contributed by atoms with Crippen LogP contribution in [-0.2, 0) is 0 Å². The minimum Gasteiger partial charge on any atom is -0.308 e. The average molecular weight is 273 g/mol. The maximum Gasteiger partial charge on any atom is 0.0304 e. The third-order valence-electron chi connectivity index (χ3n) is 4.55. The monoisotopic (exact) mass is 272 g/mol. The number of nitrogens with zero attached hydrogens (tertiary/aromatic N) is 1. The highest BCUT2D eigenvalue weighted by Gasteiger charge is 2.40. The molecule has 0 aromatic rings. The third-order valence-corrected chi connectivity index (χ3v) is 5.14. The molecule has 1 unspecified atom stereocenters. The first kappa shape index (κ1) is 16.3. The van der Waals surface area contributed by atoms with Crippen molar-refractivity contribution in [2.24, 2.45) is 5.41 Å². The van der Waals surface area contributed by atoms with E-state index in [4.69, 9.17) is 0 Å². The van der Waals surface area contributed by atoms with E-state index in [-0.39, 0.29) is 0 Å². The predicted molar refractivity (Wildman–Crippen MR) is 84.5 cm³/mol. The van der Waals surface area contributed by atoms with Gasteiger partial charge in [0.15, 0.2) is 0 Å². The van der Waals surface area contributed by atoms with Crippen molar-refractivity contribution in [3.8, 4) is 0 Å². The lowest BCUT2D eigenvalue weighted by Gasteiger charge is -2.51. The molecule has 3 heteroatoms. The van der Waals surface area contributed by atoms with E-state index >= 15 is 0 Å². The van der Waals surface area contributed by atoms with Gasteiger partial charge in [-0.2, -0.15) is 11.8 Å². The molecule has 0 amide bonds. The topological polar surface area (TPSA) is 15.3 Å². The van der Waals surface area contributed by atoms with E-state index in [2.05, 4.69) is 51.1 Å². The summed E-state index contributed by atoms with van der Waals surface area (Å²) in [6, 6.07) is 0.663. The fourth-order valence-corrected chi connectivity index (χ4v) is 3.44. The van der Waals surface area contributed by atoms with E-state index in [1.54, 1.807) is 0 Å². The first-order valence-electron chi connectivity index (χ1n) is 7.36. The van der Waals surface area contributed by atoms with Crippen molar-refractivity contribution in [2.75, 3.05) is 31.6 Å². The minimum absolute atomic E-state index is 0.347.